The topological polar surface area (TPSA) is 41.6 Å². The maximum Gasteiger partial charge on any atom is 0.238 e. The number of anilines is 1. The molecular weight excluding hydrogens is 276 g/mol. The van der Waals surface area contributed by atoms with Gasteiger partial charge in [0.15, 0.2) is 0 Å². The molecule has 0 radical (unpaired) electrons. The Kier molecular flexibility index (Phi) is 4.83. The van der Waals surface area contributed by atoms with Gasteiger partial charge in [0, 0.05) is 18.8 Å². The third kappa shape index (κ3) is 3.93. The Bertz CT molecular complexity index is 622. The monoisotopic (exact) mass is 296 g/mol. The molecule has 4 heteroatoms. The number of amides is 1. The number of carbonyl (C=O) groups excluding carboxylic acids is 1. The van der Waals surface area contributed by atoms with Crippen molar-refractivity contribution < 1.29 is 9.53 Å². The average Bonchev–Trinajstić information content (AvgIpc) is 2.57. The van der Waals surface area contributed by atoms with Crippen LogP contribution in [0.15, 0.2) is 54.6 Å². The minimum absolute atomic E-state index is 0.0205. The number of rotatable bonds is 4. The number of nitrogens with zero attached hydrogens (tertiary/aromatic N) is 1. The molecule has 1 aliphatic heterocycles. The molecule has 0 bridgehead atoms. The summed E-state index contributed by atoms with van der Waals surface area (Å²) in [6.07, 6.45) is 0. The highest BCUT2D eigenvalue weighted by Crippen LogP contribution is 2.22. The molecular formula is C18H20N2O2. The average molecular weight is 296 g/mol. The third-order valence-corrected chi connectivity index (χ3v) is 3.72. The highest BCUT2D eigenvalue weighted by atomic mass is 16.5. The first kappa shape index (κ1) is 14.8. The Morgan fingerprint density at radius 3 is 2.50 bits per heavy atom. The van der Waals surface area contributed by atoms with Gasteiger partial charge in [0.2, 0.25) is 5.91 Å². The molecule has 2 aromatic carbocycles. The summed E-state index contributed by atoms with van der Waals surface area (Å²) < 4.78 is 5.29. The zero-order valence-electron chi connectivity index (χ0n) is 12.5. The lowest BCUT2D eigenvalue weighted by molar-refractivity contribution is -0.118. The maximum absolute atomic E-state index is 12.1. The summed E-state index contributed by atoms with van der Waals surface area (Å²) >= 11 is 0. The molecule has 1 amide bonds. The zero-order valence-corrected chi connectivity index (χ0v) is 12.5. The van der Waals surface area contributed by atoms with E-state index in [2.05, 4.69) is 22.3 Å². The van der Waals surface area contributed by atoms with Crippen molar-refractivity contribution in [2.75, 3.05) is 38.2 Å². The molecule has 4 nitrogen and oxygen atoms in total. The predicted molar refractivity (Wildman–Crippen MR) is 87.8 cm³/mol. The van der Waals surface area contributed by atoms with Crippen LogP contribution in [0.2, 0.25) is 0 Å². The van der Waals surface area contributed by atoms with Gasteiger partial charge >= 0.3 is 0 Å². The molecule has 1 aliphatic rings. The van der Waals surface area contributed by atoms with Crippen molar-refractivity contribution in [2.45, 2.75) is 0 Å². The molecule has 0 unspecified atom stereocenters. The van der Waals surface area contributed by atoms with Crippen LogP contribution in [0.4, 0.5) is 5.69 Å². The van der Waals surface area contributed by atoms with Gasteiger partial charge in [-0.2, -0.15) is 0 Å². The lowest BCUT2D eigenvalue weighted by atomic mass is 10.1. The van der Waals surface area contributed by atoms with Crippen molar-refractivity contribution in [1.82, 2.24) is 4.90 Å². The van der Waals surface area contributed by atoms with Gasteiger partial charge < -0.3 is 10.1 Å². The van der Waals surface area contributed by atoms with E-state index in [1.165, 1.54) is 0 Å². The van der Waals surface area contributed by atoms with E-state index in [0.717, 1.165) is 29.9 Å². The standard InChI is InChI=1S/C18H20N2O2/c21-18(14-20-9-11-22-12-10-20)19-17-8-4-7-16(13-17)15-5-2-1-3-6-15/h1-8,13H,9-12,14H2,(H,19,21). The molecule has 1 fully saturated rings. The van der Waals surface area contributed by atoms with Crippen molar-refractivity contribution in [3.63, 3.8) is 0 Å². The highest BCUT2D eigenvalue weighted by molar-refractivity contribution is 5.93. The van der Waals surface area contributed by atoms with Crippen LogP contribution in [0.25, 0.3) is 11.1 Å². The molecule has 0 aromatic heterocycles. The largest absolute Gasteiger partial charge is 0.379 e. The summed E-state index contributed by atoms with van der Waals surface area (Å²) in [6, 6.07) is 18.1. The second-order valence-electron chi connectivity index (χ2n) is 5.38. The Balaban J connectivity index is 1.64. The van der Waals surface area contributed by atoms with Gasteiger partial charge in [-0.25, -0.2) is 0 Å². The van der Waals surface area contributed by atoms with E-state index in [1.807, 2.05) is 42.5 Å². The van der Waals surface area contributed by atoms with Crippen molar-refractivity contribution in [1.29, 1.82) is 0 Å². The molecule has 22 heavy (non-hydrogen) atoms. The van der Waals surface area contributed by atoms with Gasteiger partial charge in [-0.1, -0.05) is 42.5 Å². The van der Waals surface area contributed by atoms with Gasteiger partial charge in [-0.3, -0.25) is 9.69 Å². The molecule has 0 aliphatic carbocycles. The first-order chi connectivity index (χ1) is 10.8. The smallest absolute Gasteiger partial charge is 0.238 e. The summed E-state index contributed by atoms with van der Waals surface area (Å²) in [6.45, 7) is 3.46. The molecule has 0 spiro atoms. The Morgan fingerprint density at radius 2 is 1.73 bits per heavy atom. The van der Waals surface area contributed by atoms with E-state index >= 15 is 0 Å². The minimum Gasteiger partial charge on any atom is -0.379 e. The number of hydrogen-bond acceptors (Lipinski definition) is 3. The lowest BCUT2D eigenvalue weighted by Gasteiger charge is -2.25. The first-order valence-electron chi connectivity index (χ1n) is 7.57. The van der Waals surface area contributed by atoms with E-state index in [1.54, 1.807) is 0 Å². The first-order valence-corrected chi connectivity index (χ1v) is 7.57. The SMILES string of the molecule is O=C(CN1CCOCC1)Nc1cccc(-c2ccccc2)c1. The highest BCUT2D eigenvalue weighted by Gasteiger charge is 2.14. The van der Waals surface area contributed by atoms with Crippen LogP contribution >= 0.6 is 0 Å². The van der Waals surface area contributed by atoms with Crippen LogP contribution in [0.3, 0.4) is 0 Å². The van der Waals surface area contributed by atoms with Crippen LogP contribution in [-0.4, -0.2) is 43.7 Å². The summed E-state index contributed by atoms with van der Waals surface area (Å²) in [5, 5.41) is 2.98. The van der Waals surface area contributed by atoms with Gasteiger partial charge in [0.05, 0.1) is 19.8 Å². The molecule has 3 rings (SSSR count). The molecule has 1 heterocycles. The number of nitrogens with one attached hydrogen (secondary N) is 1. The Morgan fingerprint density at radius 1 is 1.00 bits per heavy atom. The molecule has 0 atom stereocenters. The van der Waals surface area contributed by atoms with E-state index in [4.69, 9.17) is 4.74 Å². The zero-order chi connectivity index (χ0) is 15.2. The maximum atomic E-state index is 12.1. The summed E-state index contributed by atoms with van der Waals surface area (Å²) in [4.78, 5) is 14.2. The third-order valence-electron chi connectivity index (χ3n) is 3.72. The second kappa shape index (κ2) is 7.20. The Hall–Kier alpha value is -2.17. The number of benzene rings is 2. The number of morpholine rings is 1. The quantitative estimate of drug-likeness (QED) is 0.943. The molecule has 2 aromatic rings. The second-order valence-corrected chi connectivity index (χ2v) is 5.38. The van der Waals surface area contributed by atoms with Crippen molar-refractivity contribution in [2.24, 2.45) is 0 Å². The van der Waals surface area contributed by atoms with Gasteiger partial charge in [0.1, 0.15) is 0 Å². The van der Waals surface area contributed by atoms with Crippen LogP contribution in [-0.2, 0) is 9.53 Å². The number of ether oxygens (including phenoxy) is 1. The fourth-order valence-corrected chi connectivity index (χ4v) is 2.57. The number of carbonyl (C=O) groups is 1. The molecule has 0 saturated carbocycles. The van der Waals surface area contributed by atoms with Crippen molar-refractivity contribution in [3.8, 4) is 11.1 Å². The van der Waals surface area contributed by atoms with E-state index < -0.39 is 0 Å². The molecule has 1 N–H and O–H groups in total. The van der Waals surface area contributed by atoms with Crippen molar-refractivity contribution in [3.05, 3.63) is 54.6 Å². The normalized spacial score (nSPS) is 15.5. The van der Waals surface area contributed by atoms with Crippen LogP contribution < -0.4 is 5.32 Å². The number of hydrogen-bond donors (Lipinski definition) is 1. The molecule has 1 saturated heterocycles. The summed E-state index contributed by atoms with van der Waals surface area (Å²) in [7, 11) is 0. The van der Waals surface area contributed by atoms with E-state index in [-0.39, 0.29) is 5.91 Å². The summed E-state index contributed by atoms with van der Waals surface area (Å²) in [5.74, 6) is 0.0205. The van der Waals surface area contributed by atoms with Crippen LogP contribution in [0, 0.1) is 0 Å². The van der Waals surface area contributed by atoms with Crippen LogP contribution in [0.5, 0.6) is 0 Å². The Labute approximate surface area is 130 Å². The van der Waals surface area contributed by atoms with E-state index in [9.17, 15) is 4.79 Å². The summed E-state index contributed by atoms with van der Waals surface area (Å²) in [5.41, 5.74) is 3.08. The van der Waals surface area contributed by atoms with E-state index in [0.29, 0.717) is 19.8 Å². The molecule has 114 valence electrons. The fourth-order valence-electron chi connectivity index (χ4n) is 2.57. The van der Waals surface area contributed by atoms with Gasteiger partial charge in [0.25, 0.3) is 0 Å². The van der Waals surface area contributed by atoms with Gasteiger partial charge in [-0.15, -0.1) is 0 Å². The minimum atomic E-state index is 0.0205. The fraction of sp³-hybridized carbons (Fsp3) is 0.278. The van der Waals surface area contributed by atoms with Gasteiger partial charge in [-0.05, 0) is 23.3 Å². The van der Waals surface area contributed by atoms with Crippen molar-refractivity contribution >= 4 is 11.6 Å². The lowest BCUT2D eigenvalue weighted by Crippen LogP contribution is -2.41. The van der Waals surface area contributed by atoms with Crippen LogP contribution in [0.1, 0.15) is 0 Å². The predicted octanol–water partition coefficient (Wildman–Crippen LogP) is 2.62.